The van der Waals surface area contributed by atoms with E-state index in [0.29, 0.717) is 11.3 Å². The number of nitrogen functional groups attached to an aromatic ring is 1. The van der Waals surface area contributed by atoms with E-state index < -0.39 is 20.5 Å². The fraction of sp³-hybridized carbons (Fsp3) is 0.0769. The Morgan fingerprint density at radius 3 is 2.73 bits per heavy atom. The van der Waals surface area contributed by atoms with Crippen LogP contribution >= 0.6 is 0 Å². The second-order valence-electron chi connectivity index (χ2n) is 4.59. The molecule has 0 radical (unpaired) electrons. The number of nitrogens with zero attached hydrogens (tertiary/aromatic N) is 2. The van der Waals surface area contributed by atoms with Crippen molar-refractivity contribution in [2.24, 2.45) is 5.84 Å². The molecule has 2 heterocycles. The van der Waals surface area contributed by atoms with Crippen LogP contribution in [0.15, 0.2) is 40.3 Å². The summed E-state index contributed by atoms with van der Waals surface area (Å²) in [5.41, 5.74) is 2.81. The molecule has 1 aromatic carbocycles. The lowest BCUT2D eigenvalue weighted by atomic mass is 10.3. The van der Waals surface area contributed by atoms with E-state index in [1.165, 1.54) is 24.4 Å². The number of fused-ring (bicyclic) bond motifs is 1. The smallest absolute Gasteiger partial charge is 0.215 e. The molecule has 0 aliphatic carbocycles. The lowest BCUT2D eigenvalue weighted by Gasteiger charge is -2.07. The third kappa shape index (κ3) is 2.11. The van der Waals surface area contributed by atoms with Crippen LogP contribution in [0.2, 0.25) is 0 Å². The van der Waals surface area contributed by atoms with Crippen molar-refractivity contribution in [2.45, 2.75) is 16.7 Å². The van der Waals surface area contributed by atoms with Crippen LogP contribution in [0.25, 0.3) is 11.0 Å². The molecule has 0 saturated heterocycles. The number of hydrazine groups is 1. The van der Waals surface area contributed by atoms with Crippen molar-refractivity contribution in [3.05, 3.63) is 42.1 Å². The van der Waals surface area contributed by atoms with Gasteiger partial charge in [-0.1, -0.05) is 12.1 Å². The predicted molar refractivity (Wildman–Crippen MR) is 78.3 cm³/mol. The van der Waals surface area contributed by atoms with Gasteiger partial charge < -0.3 is 10.4 Å². The van der Waals surface area contributed by atoms with Gasteiger partial charge in [0.1, 0.15) is 32.8 Å². The molecule has 3 rings (SSSR count). The molecule has 0 atom stereocenters. The van der Waals surface area contributed by atoms with Gasteiger partial charge in [-0.3, -0.25) is 0 Å². The lowest BCUT2D eigenvalue weighted by Crippen LogP contribution is -2.12. The van der Waals surface area contributed by atoms with Crippen LogP contribution in [0.1, 0.15) is 5.82 Å². The first-order chi connectivity index (χ1) is 10.4. The van der Waals surface area contributed by atoms with Gasteiger partial charge in [0.25, 0.3) is 0 Å². The van der Waals surface area contributed by atoms with E-state index in [1.807, 2.05) is 0 Å². The zero-order valence-corrected chi connectivity index (χ0v) is 12.3. The summed E-state index contributed by atoms with van der Waals surface area (Å²) in [5, 5.41) is 0. The first kappa shape index (κ1) is 14.4. The molecule has 3 aromatic rings. The van der Waals surface area contributed by atoms with Crippen molar-refractivity contribution in [1.82, 2.24) is 15.0 Å². The van der Waals surface area contributed by atoms with E-state index in [-0.39, 0.29) is 16.2 Å². The lowest BCUT2D eigenvalue weighted by molar-refractivity contribution is 0.567. The Bertz CT molecular complexity index is 968. The van der Waals surface area contributed by atoms with Gasteiger partial charge in [-0.25, -0.2) is 28.6 Å². The quantitative estimate of drug-likeness (QED) is 0.498. The van der Waals surface area contributed by atoms with E-state index in [0.717, 1.165) is 6.07 Å². The molecule has 0 aliphatic rings. The Hall–Kier alpha value is -2.52. The van der Waals surface area contributed by atoms with Crippen LogP contribution in [0, 0.1) is 12.7 Å². The monoisotopic (exact) mass is 321 g/mol. The van der Waals surface area contributed by atoms with Crippen LogP contribution in [-0.2, 0) is 9.84 Å². The van der Waals surface area contributed by atoms with Gasteiger partial charge in [-0.2, -0.15) is 0 Å². The van der Waals surface area contributed by atoms with Crippen molar-refractivity contribution >= 4 is 26.7 Å². The number of aryl methyl sites for hydroxylation is 1. The molecule has 0 bridgehead atoms. The van der Waals surface area contributed by atoms with E-state index in [4.69, 9.17) is 5.84 Å². The number of sulfone groups is 1. The summed E-state index contributed by atoms with van der Waals surface area (Å²) in [6.45, 7) is 1.63. The van der Waals surface area contributed by atoms with Gasteiger partial charge in [0.15, 0.2) is 0 Å². The van der Waals surface area contributed by atoms with Crippen molar-refractivity contribution in [2.75, 3.05) is 5.43 Å². The number of rotatable bonds is 3. The molecule has 0 amide bonds. The topological polar surface area (TPSA) is 114 Å². The van der Waals surface area contributed by atoms with E-state index in [9.17, 15) is 12.8 Å². The van der Waals surface area contributed by atoms with Gasteiger partial charge in [0.2, 0.25) is 9.84 Å². The standard InChI is InChI=1S/C13H12FN5O2S/c1-7-16-6-9-11(17-7)12(13(18-9)19-15)22(20,21)10-5-3-2-4-8(10)14/h2-6,18-19H,15H2,1H3. The van der Waals surface area contributed by atoms with Gasteiger partial charge in [0.05, 0.1) is 11.7 Å². The normalized spacial score (nSPS) is 11.8. The minimum Gasteiger partial charge on any atom is -0.337 e. The first-order valence-electron chi connectivity index (χ1n) is 6.26. The Labute approximate surface area is 125 Å². The minimum atomic E-state index is -4.15. The first-order valence-corrected chi connectivity index (χ1v) is 7.75. The summed E-state index contributed by atoms with van der Waals surface area (Å²) in [6, 6.07) is 5.13. The second-order valence-corrected chi connectivity index (χ2v) is 6.44. The third-order valence-corrected chi connectivity index (χ3v) is 5.00. The molecule has 114 valence electrons. The number of hydrogen-bond acceptors (Lipinski definition) is 6. The molecule has 0 aliphatic heterocycles. The van der Waals surface area contributed by atoms with Crippen LogP contribution in [0.4, 0.5) is 10.2 Å². The van der Waals surface area contributed by atoms with Crippen LogP contribution < -0.4 is 11.3 Å². The highest BCUT2D eigenvalue weighted by Crippen LogP contribution is 2.33. The van der Waals surface area contributed by atoms with E-state index in [2.05, 4.69) is 20.4 Å². The number of benzene rings is 1. The van der Waals surface area contributed by atoms with Crippen LogP contribution in [-0.4, -0.2) is 23.4 Å². The zero-order valence-electron chi connectivity index (χ0n) is 11.5. The predicted octanol–water partition coefficient (Wildman–Crippen LogP) is 1.52. The molecular weight excluding hydrogens is 309 g/mol. The number of aromatic amines is 1. The van der Waals surface area contributed by atoms with Crippen molar-refractivity contribution < 1.29 is 12.8 Å². The maximum Gasteiger partial charge on any atom is 0.215 e. The number of nitrogens with two attached hydrogens (primary N) is 1. The Morgan fingerprint density at radius 1 is 1.32 bits per heavy atom. The average Bonchev–Trinajstić information content (AvgIpc) is 2.85. The zero-order chi connectivity index (χ0) is 15.9. The molecule has 0 fully saturated rings. The van der Waals surface area contributed by atoms with Crippen LogP contribution in [0.3, 0.4) is 0 Å². The number of nitrogens with one attached hydrogen (secondary N) is 2. The average molecular weight is 321 g/mol. The van der Waals surface area contributed by atoms with Gasteiger partial charge in [-0.15, -0.1) is 0 Å². The Morgan fingerprint density at radius 2 is 2.05 bits per heavy atom. The molecule has 7 nitrogen and oxygen atoms in total. The number of H-pyrrole nitrogens is 1. The van der Waals surface area contributed by atoms with Crippen LogP contribution in [0.5, 0.6) is 0 Å². The number of anilines is 1. The fourth-order valence-electron chi connectivity index (χ4n) is 2.18. The second kappa shape index (κ2) is 5.04. The number of aromatic nitrogens is 3. The summed E-state index contributed by atoms with van der Waals surface area (Å²) in [5.74, 6) is 4.95. The molecule has 2 aromatic heterocycles. The third-order valence-electron chi connectivity index (χ3n) is 3.15. The van der Waals surface area contributed by atoms with Crippen molar-refractivity contribution in [3.63, 3.8) is 0 Å². The Balaban J connectivity index is 2.38. The SMILES string of the molecule is Cc1ncc2[nH]c(NN)c(S(=O)(=O)c3ccccc3F)c2n1. The highest BCUT2D eigenvalue weighted by atomic mass is 32.2. The molecule has 22 heavy (non-hydrogen) atoms. The number of hydrogen-bond donors (Lipinski definition) is 3. The summed E-state index contributed by atoms with van der Waals surface area (Å²) < 4.78 is 39.5. The molecule has 4 N–H and O–H groups in total. The largest absolute Gasteiger partial charge is 0.337 e. The number of halogens is 1. The summed E-state index contributed by atoms with van der Waals surface area (Å²) in [6.07, 6.45) is 1.44. The molecule has 9 heteroatoms. The van der Waals surface area contributed by atoms with Crippen molar-refractivity contribution in [1.29, 1.82) is 0 Å². The maximum absolute atomic E-state index is 13.9. The highest BCUT2D eigenvalue weighted by molar-refractivity contribution is 7.92. The molecule has 0 saturated carbocycles. The summed E-state index contributed by atoms with van der Waals surface area (Å²) in [4.78, 5) is 10.2. The highest BCUT2D eigenvalue weighted by Gasteiger charge is 2.29. The maximum atomic E-state index is 13.9. The fourth-order valence-corrected chi connectivity index (χ4v) is 3.77. The van der Waals surface area contributed by atoms with Gasteiger partial charge in [0, 0.05) is 0 Å². The molecule has 0 spiro atoms. The summed E-state index contributed by atoms with van der Waals surface area (Å²) >= 11 is 0. The summed E-state index contributed by atoms with van der Waals surface area (Å²) in [7, 11) is -4.15. The Kier molecular flexibility index (Phi) is 3.30. The van der Waals surface area contributed by atoms with Crippen molar-refractivity contribution in [3.8, 4) is 0 Å². The molecule has 0 unspecified atom stereocenters. The van der Waals surface area contributed by atoms with Gasteiger partial charge in [-0.05, 0) is 19.1 Å². The minimum absolute atomic E-state index is 0.0261. The van der Waals surface area contributed by atoms with Gasteiger partial charge >= 0.3 is 0 Å². The van der Waals surface area contributed by atoms with E-state index in [1.54, 1.807) is 6.92 Å². The molecular formula is C13H12FN5O2S. The van der Waals surface area contributed by atoms with E-state index >= 15 is 0 Å².